The number of carbonyl (C=O) groups is 1. The average molecular weight is 358 g/mol. The predicted octanol–water partition coefficient (Wildman–Crippen LogP) is 3.99. The molecule has 3 aromatic rings. The standard InChI is InChI=1S/C23H19FN2O/c1-17-5-4-6-18(13-17)9-10-19-14-22-23(27)26(12-11-25(22)15-19)16-20-7-2-3-8-21(20)24/h2-8,13-15H,11-12,16H2,1H3. The third-order valence-electron chi connectivity index (χ3n) is 4.70. The lowest BCUT2D eigenvalue weighted by atomic mass is 10.1. The molecule has 0 N–H and O–H groups in total. The highest BCUT2D eigenvalue weighted by Crippen LogP contribution is 2.19. The van der Waals surface area contributed by atoms with Gasteiger partial charge in [-0.25, -0.2) is 4.39 Å². The van der Waals surface area contributed by atoms with Gasteiger partial charge >= 0.3 is 0 Å². The van der Waals surface area contributed by atoms with Crippen LogP contribution < -0.4 is 0 Å². The predicted molar refractivity (Wildman–Crippen MR) is 103 cm³/mol. The summed E-state index contributed by atoms with van der Waals surface area (Å²) < 4.78 is 15.8. The van der Waals surface area contributed by atoms with E-state index >= 15 is 0 Å². The second-order valence-electron chi connectivity index (χ2n) is 6.75. The summed E-state index contributed by atoms with van der Waals surface area (Å²) in [5.74, 6) is 5.91. The third-order valence-corrected chi connectivity index (χ3v) is 4.70. The van der Waals surface area contributed by atoms with Crippen molar-refractivity contribution in [2.75, 3.05) is 6.54 Å². The summed E-state index contributed by atoms with van der Waals surface area (Å²) in [6.45, 7) is 3.55. The molecule has 27 heavy (non-hydrogen) atoms. The van der Waals surface area contributed by atoms with Crippen molar-refractivity contribution in [1.82, 2.24) is 9.47 Å². The van der Waals surface area contributed by atoms with Crippen molar-refractivity contribution >= 4 is 5.91 Å². The fraction of sp³-hybridized carbons (Fsp3) is 0.174. The Bertz CT molecular complexity index is 1070. The van der Waals surface area contributed by atoms with E-state index in [1.165, 1.54) is 6.07 Å². The number of hydrogen-bond acceptors (Lipinski definition) is 1. The number of halogens is 1. The smallest absolute Gasteiger partial charge is 0.270 e. The highest BCUT2D eigenvalue weighted by molar-refractivity contribution is 5.94. The van der Waals surface area contributed by atoms with Crippen LogP contribution in [0.3, 0.4) is 0 Å². The Kier molecular flexibility index (Phi) is 4.52. The molecule has 1 aliphatic rings. The Balaban J connectivity index is 1.55. The summed E-state index contributed by atoms with van der Waals surface area (Å²) in [4.78, 5) is 14.5. The first kappa shape index (κ1) is 17.1. The van der Waals surface area contributed by atoms with Gasteiger partial charge in [0.2, 0.25) is 0 Å². The van der Waals surface area contributed by atoms with Gasteiger partial charge in [0, 0.05) is 42.5 Å². The van der Waals surface area contributed by atoms with Crippen molar-refractivity contribution in [1.29, 1.82) is 0 Å². The Labute approximate surface area is 158 Å². The fourth-order valence-corrected chi connectivity index (χ4v) is 3.29. The Morgan fingerprint density at radius 2 is 1.81 bits per heavy atom. The molecule has 0 saturated carbocycles. The van der Waals surface area contributed by atoms with Gasteiger partial charge in [0.15, 0.2) is 0 Å². The number of amides is 1. The molecule has 0 unspecified atom stereocenters. The largest absolute Gasteiger partial charge is 0.340 e. The van der Waals surface area contributed by atoms with Gasteiger partial charge in [-0.3, -0.25) is 4.79 Å². The van der Waals surface area contributed by atoms with Crippen LogP contribution in [0.5, 0.6) is 0 Å². The van der Waals surface area contributed by atoms with Crippen LogP contribution in [-0.2, 0) is 13.1 Å². The SMILES string of the molecule is Cc1cccc(C#Cc2cc3n(c2)CCN(Cc2ccccc2F)C3=O)c1. The van der Waals surface area contributed by atoms with Crippen LogP contribution in [-0.4, -0.2) is 21.9 Å². The number of aromatic nitrogens is 1. The first-order valence-electron chi connectivity index (χ1n) is 8.92. The molecular formula is C23H19FN2O. The van der Waals surface area contributed by atoms with Gasteiger partial charge < -0.3 is 9.47 Å². The van der Waals surface area contributed by atoms with E-state index in [0.717, 1.165) is 16.7 Å². The van der Waals surface area contributed by atoms with Crippen LogP contribution in [0.25, 0.3) is 0 Å². The average Bonchev–Trinajstić information content (AvgIpc) is 3.08. The lowest BCUT2D eigenvalue weighted by Gasteiger charge is -2.28. The Morgan fingerprint density at radius 3 is 2.63 bits per heavy atom. The molecule has 0 saturated heterocycles. The van der Waals surface area contributed by atoms with Gasteiger partial charge in [-0.15, -0.1) is 0 Å². The number of nitrogens with zero attached hydrogens (tertiary/aromatic N) is 2. The third kappa shape index (κ3) is 3.63. The summed E-state index contributed by atoms with van der Waals surface area (Å²) in [6.07, 6.45) is 1.91. The fourth-order valence-electron chi connectivity index (χ4n) is 3.29. The van der Waals surface area contributed by atoms with Gasteiger partial charge in [-0.05, 0) is 36.8 Å². The van der Waals surface area contributed by atoms with Gasteiger partial charge in [-0.2, -0.15) is 0 Å². The first-order valence-corrected chi connectivity index (χ1v) is 8.92. The first-order chi connectivity index (χ1) is 13.1. The molecule has 1 amide bonds. The van der Waals surface area contributed by atoms with E-state index in [0.29, 0.717) is 24.3 Å². The molecule has 0 spiro atoms. The van der Waals surface area contributed by atoms with E-state index < -0.39 is 0 Å². The van der Waals surface area contributed by atoms with E-state index in [1.807, 2.05) is 48.0 Å². The molecule has 0 radical (unpaired) electrons. The zero-order valence-corrected chi connectivity index (χ0v) is 15.1. The van der Waals surface area contributed by atoms with Crippen LogP contribution in [0.1, 0.15) is 32.7 Å². The minimum absolute atomic E-state index is 0.0897. The number of benzene rings is 2. The van der Waals surface area contributed by atoms with Gasteiger partial charge in [0.1, 0.15) is 11.5 Å². The molecule has 0 bridgehead atoms. The Hall–Kier alpha value is -3.32. The summed E-state index contributed by atoms with van der Waals surface area (Å²) in [6, 6.07) is 16.4. The maximum Gasteiger partial charge on any atom is 0.270 e. The van der Waals surface area contributed by atoms with E-state index in [9.17, 15) is 9.18 Å². The second kappa shape index (κ2) is 7.13. The van der Waals surface area contributed by atoms with Crippen LogP contribution in [0, 0.1) is 24.6 Å². The maximum atomic E-state index is 13.9. The molecule has 0 fully saturated rings. The monoisotopic (exact) mass is 358 g/mol. The van der Waals surface area contributed by atoms with Gasteiger partial charge in [-0.1, -0.05) is 42.2 Å². The number of carbonyl (C=O) groups excluding carboxylic acids is 1. The lowest BCUT2D eigenvalue weighted by Crippen LogP contribution is -2.39. The van der Waals surface area contributed by atoms with Crippen molar-refractivity contribution in [2.45, 2.75) is 20.0 Å². The zero-order valence-electron chi connectivity index (χ0n) is 15.1. The Morgan fingerprint density at radius 1 is 1.00 bits per heavy atom. The summed E-state index contributed by atoms with van der Waals surface area (Å²) in [5, 5.41) is 0. The van der Waals surface area contributed by atoms with E-state index in [1.54, 1.807) is 23.1 Å². The molecule has 1 aromatic heterocycles. The van der Waals surface area contributed by atoms with Crippen molar-refractivity contribution < 1.29 is 9.18 Å². The van der Waals surface area contributed by atoms with Crippen LogP contribution in [0.15, 0.2) is 60.8 Å². The van der Waals surface area contributed by atoms with E-state index in [-0.39, 0.29) is 18.3 Å². The van der Waals surface area contributed by atoms with E-state index in [4.69, 9.17) is 0 Å². The number of rotatable bonds is 2. The molecule has 2 aromatic carbocycles. The molecule has 134 valence electrons. The molecule has 4 rings (SSSR count). The highest BCUT2D eigenvalue weighted by atomic mass is 19.1. The molecule has 0 atom stereocenters. The van der Waals surface area contributed by atoms with Crippen LogP contribution in [0.2, 0.25) is 0 Å². The minimum atomic E-state index is -0.282. The molecule has 0 aliphatic carbocycles. The lowest BCUT2D eigenvalue weighted by molar-refractivity contribution is 0.0689. The highest BCUT2D eigenvalue weighted by Gasteiger charge is 2.25. The molecule has 1 aliphatic heterocycles. The minimum Gasteiger partial charge on any atom is -0.340 e. The van der Waals surface area contributed by atoms with Crippen LogP contribution >= 0.6 is 0 Å². The van der Waals surface area contributed by atoms with Crippen molar-refractivity contribution in [3.8, 4) is 11.8 Å². The van der Waals surface area contributed by atoms with Crippen molar-refractivity contribution in [3.63, 3.8) is 0 Å². The quantitative estimate of drug-likeness (QED) is 0.636. The number of fused-ring (bicyclic) bond motifs is 1. The summed E-state index contributed by atoms with van der Waals surface area (Å²) >= 11 is 0. The van der Waals surface area contributed by atoms with Gasteiger partial charge in [0.05, 0.1) is 0 Å². The summed E-state index contributed by atoms with van der Waals surface area (Å²) in [7, 11) is 0. The molecule has 2 heterocycles. The van der Waals surface area contributed by atoms with E-state index in [2.05, 4.69) is 11.8 Å². The second-order valence-corrected chi connectivity index (χ2v) is 6.75. The zero-order chi connectivity index (χ0) is 18.8. The summed E-state index contributed by atoms with van der Waals surface area (Å²) in [5.41, 5.74) is 4.06. The topological polar surface area (TPSA) is 25.2 Å². The molecule has 3 nitrogen and oxygen atoms in total. The van der Waals surface area contributed by atoms with Gasteiger partial charge in [0.25, 0.3) is 5.91 Å². The van der Waals surface area contributed by atoms with Crippen LogP contribution in [0.4, 0.5) is 4.39 Å². The normalized spacial score (nSPS) is 13.1. The van der Waals surface area contributed by atoms with Crippen molar-refractivity contribution in [2.24, 2.45) is 0 Å². The molecule has 4 heteroatoms. The molecular weight excluding hydrogens is 339 g/mol. The maximum absolute atomic E-state index is 13.9. The number of hydrogen-bond donors (Lipinski definition) is 0. The number of aryl methyl sites for hydroxylation is 1. The van der Waals surface area contributed by atoms with Crippen molar-refractivity contribution in [3.05, 3.63) is 94.6 Å².